The predicted molar refractivity (Wildman–Crippen MR) is 27.6 cm³/mol. The van der Waals surface area contributed by atoms with E-state index in [0.29, 0.717) is 0 Å². The first kappa shape index (κ1) is 15.6. The van der Waals surface area contributed by atoms with E-state index in [2.05, 4.69) is 0 Å². The second kappa shape index (κ2) is 9.69. The molecule has 2 nitrogen and oxygen atoms in total. The molecular weight excluding hydrogens is 102 g/mol. The van der Waals surface area contributed by atoms with Crippen molar-refractivity contribution in [3.8, 4) is 0 Å². The number of hydrogen-bond donors (Lipinski definition) is 1. The first-order valence-electron chi connectivity index (χ1n) is 0.928. The van der Waals surface area contributed by atoms with Gasteiger partial charge < -0.3 is 5.11 Å². The molecular formula is C2H6Na2O2. The summed E-state index contributed by atoms with van der Waals surface area (Å²) in [6.07, 6.45) is 0. The van der Waals surface area contributed by atoms with E-state index in [0.717, 1.165) is 6.92 Å². The van der Waals surface area contributed by atoms with Gasteiger partial charge in [-0.15, -0.1) is 0 Å². The Bertz CT molecular complexity index is 32.5. The second-order valence-corrected chi connectivity index (χ2v) is 0.519. The third-order valence-electron chi connectivity index (χ3n) is 0. The molecule has 1 N–H and O–H groups in total. The van der Waals surface area contributed by atoms with Gasteiger partial charge in [-0.1, -0.05) is 0 Å². The molecule has 0 bridgehead atoms. The molecule has 0 aliphatic heterocycles. The summed E-state index contributed by atoms with van der Waals surface area (Å²) in [5.74, 6) is -0.833. The summed E-state index contributed by atoms with van der Waals surface area (Å²) < 4.78 is 0. The van der Waals surface area contributed by atoms with Gasteiger partial charge in [-0.2, -0.15) is 0 Å². The van der Waals surface area contributed by atoms with Gasteiger partial charge in [0.15, 0.2) is 0 Å². The van der Waals surface area contributed by atoms with Gasteiger partial charge in [0.05, 0.1) is 0 Å². The molecule has 0 heterocycles. The summed E-state index contributed by atoms with van der Waals surface area (Å²) >= 11 is 0. The average molecular weight is 108 g/mol. The van der Waals surface area contributed by atoms with Crippen molar-refractivity contribution in [2.45, 2.75) is 6.92 Å². The molecule has 0 aromatic heterocycles. The molecule has 0 spiro atoms. The zero-order chi connectivity index (χ0) is 3.58. The van der Waals surface area contributed by atoms with Crippen LogP contribution in [0.2, 0.25) is 0 Å². The Morgan fingerprint density at radius 2 is 1.50 bits per heavy atom. The fraction of sp³-hybridized carbons (Fsp3) is 0.500. The Morgan fingerprint density at radius 1 is 1.50 bits per heavy atom. The number of hydrogen-bond acceptors (Lipinski definition) is 1. The fourth-order valence-corrected chi connectivity index (χ4v) is 0. The first-order chi connectivity index (χ1) is 1.73. The van der Waals surface area contributed by atoms with E-state index in [1.165, 1.54) is 0 Å². The molecule has 0 aliphatic rings. The Morgan fingerprint density at radius 3 is 1.50 bits per heavy atom. The Hall–Kier alpha value is 1.47. The van der Waals surface area contributed by atoms with Crippen LogP contribution in [-0.4, -0.2) is 70.2 Å². The van der Waals surface area contributed by atoms with Gasteiger partial charge in [0.25, 0.3) is 5.97 Å². The minimum atomic E-state index is -0.833. The zero-order valence-corrected chi connectivity index (χ0v) is 2.36. The van der Waals surface area contributed by atoms with Gasteiger partial charge in [0, 0.05) is 6.92 Å². The van der Waals surface area contributed by atoms with Crippen molar-refractivity contribution in [3.63, 3.8) is 0 Å². The maximum absolute atomic E-state index is 9.00. The number of rotatable bonds is 0. The van der Waals surface area contributed by atoms with Crippen molar-refractivity contribution >= 4 is 65.1 Å². The van der Waals surface area contributed by atoms with Crippen LogP contribution in [0.25, 0.3) is 0 Å². The molecule has 0 aliphatic carbocycles. The quantitative estimate of drug-likeness (QED) is 0.395. The molecule has 28 valence electrons. The Labute approximate surface area is 80.9 Å². The van der Waals surface area contributed by atoms with Gasteiger partial charge >= 0.3 is 59.1 Å². The van der Waals surface area contributed by atoms with Gasteiger partial charge in [0.2, 0.25) is 0 Å². The van der Waals surface area contributed by atoms with E-state index in [1.54, 1.807) is 0 Å². The molecule has 0 saturated heterocycles. The number of carboxylic acids is 1. The van der Waals surface area contributed by atoms with Gasteiger partial charge in [-0.25, -0.2) is 0 Å². The van der Waals surface area contributed by atoms with Crippen LogP contribution in [0, 0.1) is 0 Å². The van der Waals surface area contributed by atoms with Crippen LogP contribution >= 0.6 is 0 Å². The molecule has 0 rings (SSSR count). The van der Waals surface area contributed by atoms with Crippen molar-refractivity contribution in [2.75, 3.05) is 0 Å². The number of aliphatic carboxylic acids is 1. The van der Waals surface area contributed by atoms with E-state index < -0.39 is 5.97 Å². The van der Waals surface area contributed by atoms with Crippen molar-refractivity contribution in [1.29, 1.82) is 0 Å². The average Bonchev–Trinajstić information content (AvgIpc) is 0.811. The summed E-state index contributed by atoms with van der Waals surface area (Å²) in [6.45, 7) is 1.08. The van der Waals surface area contributed by atoms with Crippen molar-refractivity contribution in [1.82, 2.24) is 0 Å². The summed E-state index contributed by atoms with van der Waals surface area (Å²) in [4.78, 5) is 9.00. The van der Waals surface area contributed by atoms with Gasteiger partial charge in [0.1, 0.15) is 0 Å². The van der Waals surface area contributed by atoms with E-state index in [9.17, 15) is 0 Å². The molecule has 0 aromatic carbocycles. The van der Waals surface area contributed by atoms with E-state index in [4.69, 9.17) is 9.90 Å². The van der Waals surface area contributed by atoms with Crippen molar-refractivity contribution in [2.24, 2.45) is 0 Å². The van der Waals surface area contributed by atoms with Crippen LogP contribution in [0.15, 0.2) is 0 Å². The van der Waals surface area contributed by atoms with Crippen LogP contribution in [0.4, 0.5) is 0 Å². The van der Waals surface area contributed by atoms with Crippen LogP contribution < -0.4 is 0 Å². The first-order valence-corrected chi connectivity index (χ1v) is 0.928. The summed E-state index contributed by atoms with van der Waals surface area (Å²) in [7, 11) is 0. The van der Waals surface area contributed by atoms with Gasteiger partial charge in [-0.05, 0) is 0 Å². The summed E-state index contributed by atoms with van der Waals surface area (Å²) in [5, 5.41) is 7.42. The molecule has 0 saturated carbocycles. The summed E-state index contributed by atoms with van der Waals surface area (Å²) in [5.41, 5.74) is 0. The Balaban J connectivity index is -0.0000000450. The van der Waals surface area contributed by atoms with E-state index >= 15 is 0 Å². The SMILES string of the molecule is CC(=O)O.[NaH].[NaH]. The van der Waals surface area contributed by atoms with Gasteiger partial charge in [-0.3, -0.25) is 4.79 Å². The second-order valence-electron chi connectivity index (χ2n) is 0.519. The fourth-order valence-electron chi connectivity index (χ4n) is 0. The topological polar surface area (TPSA) is 37.3 Å². The number of carboxylic acid groups (broad SMARTS) is 1. The molecule has 6 heavy (non-hydrogen) atoms. The van der Waals surface area contributed by atoms with Crippen LogP contribution in [0.1, 0.15) is 6.92 Å². The molecule has 4 heteroatoms. The minimum absolute atomic E-state index is 0. The monoisotopic (exact) mass is 108 g/mol. The van der Waals surface area contributed by atoms with E-state index in [-0.39, 0.29) is 59.1 Å². The number of carbonyl (C=O) groups is 1. The molecule has 0 amide bonds. The molecule has 0 atom stereocenters. The van der Waals surface area contributed by atoms with Crippen LogP contribution in [0.3, 0.4) is 0 Å². The van der Waals surface area contributed by atoms with E-state index in [1.807, 2.05) is 0 Å². The van der Waals surface area contributed by atoms with Crippen molar-refractivity contribution < 1.29 is 9.90 Å². The van der Waals surface area contributed by atoms with Crippen LogP contribution in [-0.2, 0) is 4.79 Å². The molecule has 0 unspecified atom stereocenters. The predicted octanol–water partition coefficient (Wildman–Crippen LogP) is -1.21. The normalized spacial score (nSPS) is 4.17. The summed E-state index contributed by atoms with van der Waals surface area (Å²) in [6, 6.07) is 0. The third kappa shape index (κ3) is 50.6. The van der Waals surface area contributed by atoms with Crippen molar-refractivity contribution in [3.05, 3.63) is 0 Å². The maximum atomic E-state index is 9.00. The molecule has 0 radical (unpaired) electrons. The zero-order valence-electron chi connectivity index (χ0n) is 2.36. The molecule has 0 aromatic rings. The molecule has 0 fully saturated rings. The van der Waals surface area contributed by atoms with Crippen LogP contribution in [0.5, 0.6) is 0 Å². The Kier molecular flexibility index (Phi) is 25.3. The third-order valence-corrected chi connectivity index (χ3v) is 0. The standard InChI is InChI=1S/C2H4O2.2Na.2H/c1-2(3)4;;;;/h1H3,(H,3,4);;;;.